The lowest BCUT2D eigenvalue weighted by molar-refractivity contribution is 0.108. The molecule has 0 aliphatic carbocycles. The molecule has 0 heterocycles. The van der Waals surface area contributed by atoms with Gasteiger partial charge in [0.25, 0.3) is 0 Å². The third-order valence-corrected chi connectivity index (χ3v) is 1.88. The molecule has 3 nitrogen and oxygen atoms in total. The lowest BCUT2D eigenvalue weighted by atomic mass is 10.2. The van der Waals surface area contributed by atoms with Crippen LogP contribution >= 0.6 is 12.6 Å². The smallest absolute Gasteiger partial charge is 0.220 e. The van der Waals surface area contributed by atoms with Crippen LogP contribution in [0.4, 0.5) is 0 Å². The van der Waals surface area contributed by atoms with Crippen LogP contribution < -0.4 is 9.47 Å². The van der Waals surface area contributed by atoms with E-state index < -0.39 is 0 Å². The number of methoxy groups -OCH3 is 2. The Hall–Kier alpha value is -1.16. The van der Waals surface area contributed by atoms with E-state index in [1.54, 1.807) is 18.2 Å². The maximum atomic E-state index is 11.0. The van der Waals surface area contributed by atoms with Crippen molar-refractivity contribution < 1.29 is 14.3 Å². The zero-order valence-electron chi connectivity index (χ0n) is 7.40. The van der Waals surface area contributed by atoms with E-state index >= 15 is 0 Å². The van der Waals surface area contributed by atoms with Crippen LogP contribution in [-0.2, 0) is 0 Å². The van der Waals surface area contributed by atoms with Crippen LogP contribution in [0.2, 0.25) is 0 Å². The second-order valence-electron chi connectivity index (χ2n) is 2.37. The van der Waals surface area contributed by atoms with Crippen LogP contribution in [0.15, 0.2) is 18.2 Å². The normalized spacial score (nSPS) is 9.46. The highest BCUT2D eigenvalue weighted by Crippen LogP contribution is 2.24. The number of rotatable bonds is 3. The molecule has 70 valence electrons. The Morgan fingerprint density at radius 1 is 1.31 bits per heavy atom. The lowest BCUT2D eigenvalue weighted by Crippen LogP contribution is -1.96. The van der Waals surface area contributed by atoms with Crippen molar-refractivity contribution in [2.75, 3.05) is 14.2 Å². The maximum Gasteiger partial charge on any atom is 0.220 e. The van der Waals surface area contributed by atoms with Gasteiger partial charge in [-0.15, -0.1) is 12.6 Å². The van der Waals surface area contributed by atoms with E-state index in [0.717, 1.165) is 0 Å². The molecular weight excluding hydrogens is 188 g/mol. The summed E-state index contributed by atoms with van der Waals surface area (Å²) >= 11 is 3.72. The third kappa shape index (κ3) is 2.15. The van der Waals surface area contributed by atoms with Crippen LogP contribution in [0.3, 0.4) is 0 Å². The second-order valence-corrected chi connectivity index (χ2v) is 2.78. The Kier molecular flexibility index (Phi) is 3.19. The average Bonchev–Trinajstić information content (AvgIpc) is 2.16. The quantitative estimate of drug-likeness (QED) is 0.752. The molecule has 0 radical (unpaired) electrons. The number of benzene rings is 1. The summed E-state index contributed by atoms with van der Waals surface area (Å²) in [5.74, 6) is 1.11. The van der Waals surface area contributed by atoms with Crippen molar-refractivity contribution in [3.8, 4) is 11.5 Å². The molecule has 4 heteroatoms. The molecule has 13 heavy (non-hydrogen) atoms. The van der Waals surface area contributed by atoms with E-state index in [9.17, 15) is 4.79 Å². The van der Waals surface area contributed by atoms with Crippen molar-refractivity contribution in [1.82, 2.24) is 0 Å². The van der Waals surface area contributed by atoms with E-state index in [0.29, 0.717) is 17.1 Å². The fourth-order valence-electron chi connectivity index (χ4n) is 0.981. The summed E-state index contributed by atoms with van der Waals surface area (Å²) in [6.07, 6.45) is 0. The van der Waals surface area contributed by atoms with Gasteiger partial charge in [-0.05, 0) is 18.2 Å². The van der Waals surface area contributed by atoms with Gasteiger partial charge in [-0.2, -0.15) is 0 Å². The van der Waals surface area contributed by atoms with Crippen LogP contribution in [0.5, 0.6) is 11.5 Å². The fraction of sp³-hybridized carbons (Fsp3) is 0.222. The Morgan fingerprint density at radius 2 is 2.00 bits per heavy atom. The molecule has 0 saturated heterocycles. The van der Waals surface area contributed by atoms with Crippen LogP contribution in [0, 0.1) is 0 Å². The molecule has 0 aliphatic heterocycles. The highest BCUT2D eigenvalue weighted by atomic mass is 32.1. The minimum absolute atomic E-state index is 0.337. The summed E-state index contributed by atoms with van der Waals surface area (Å²) in [5.41, 5.74) is 0.408. The van der Waals surface area contributed by atoms with E-state index in [4.69, 9.17) is 9.47 Å². The minimum atomic E-state index is -0.337. The third-order valence-electron chi connectivity index (χ3n) is 1.64. The molecule has 0 fully saturated rings. The summed E-state index contributed by atoms with van der Waals surface area (Å²) in [6, 6.07) is 4.98. The van der Waals surface area contributed by atoms with Crippen molar-refractivity contribution in [3.05, 3.63) is 23.8 Å². The van der Waals surface area contributed by atoms with Crippen LogP contribution in [-0.4, -0.2) is 19.3 Å². The van der Waals surface area contributed by atoms with Gasteiger partial charge in [0.05, 0.1) is 19.8 Å². The predicted molar refractivity (Wildman–Crippen MR) is 52.9 cm³/mol. The molecule has 0 saturated carbocycles. The Labute approximate surface area is 82.1 Å². The standard InChI is InChI=1S/C9H10O3S/c1-11-6-3-4-8(12-2)7(5-6)9(10)13/h3-5H,1-2H3,(H,10,13). The zero-order chi connectivity index (χ0) is 9.84. The molecule has 1 rings (SSSR count). The Balaban J connectivity index is 3.18. The summed E-state index contributed by atoms with van der Waals surface area (Å²) < 4.78 is 9.94. The van der Waals surface area contributed by atoms with Gasteiger partial charge in [-0.25, -0.2) is 0 Å². The first kappa shape index (κ1) is 9.92. The molecular formula is C9H10O3S. The van der Waals surface area contributed by atoms with Crippen LogP contribution in [0.25, 0.3) is 0 Å². The summed E-state index contributed by atoms with van der Waals surface area (Å²) in [4.78, 5) is 11.0. The molecule has 0 bridgehead atoms. The van der Waals surface area contributed by atoms with Gasteiger partial charge < -0.3 is 9.47 Å². The SMILES string of the molecule is COc1ccc(OC)c(C(=O)S)c1. The van der Waals surface area contributed by atoms with Gasteiger partial charge in [0.2, 0.25) is 5.12 Å². The van der Waals surface area contributed by atoms with Crippen LogP contribution in [0.1, 0.15) is 10.4 Å². The molecule has 0 N–H and O–H groups in total. The number of hydrogen-bond acceptors (Lipinski definition) is 3. The maximum absolute atomic E-state index is 11.0. The number of carbonyl (C=O) groups excluding carboxylic acids is 1. The van der Waals surface area contributed by atoms with E-state index in [2.05, 4.69) is 12.6 Å². The lowest BCUT2D eigenvalue weighted by Gasteiger charge is -2.06. The molecule has 0 atom stereocenters. The molecule has 0 aliphatic rings. The number of hydrogen-bond donors (Lipinski definition) is 1. The molecule has 0 unspecified atom stereocenters. The minimum Gasteiger partial charge on any atom is -0.497 e. The molecule has 0 aromatic heterocycles. The highest BCUT2D eigenvalue weighted by Gasteiger charge is 2.09. The van der Waals surface area contributed by atoms with Crippen molar-refractivity contribution >= 4 is 17.7 Å². The first-order valence-corrected chi connectivity index (χ1v) is 4.09. The van der Waals surface area contributed by atoms with Crippen molar-refractivity contribution in [1.29, 1.82) is 0 Å². The first-order valence-electron chi connectivity index (χ1n) is 3.64. The highest BCUT2D eigenvalue weighted by molar-refractivity contribution is 7.97. The zero-order valence-corrected chi connectivity index (χ0v) is 8.30. The van der Waals surface area contributed by atoms with E-state index in [1.807, 2.05) is 0 Å². The number of thiol groups is 1. The van der Waals surface area contributed by atoms with Gasteiger partial charge in [0.1, 0.15) is 11.5 Å². The largest absolute Gasteiger partial charge is 0.497 e. The number of ether oxygens (including phenoxy) is 2. The van der Waals surface area contributed by atoms with Gasteiger partial charge in [0, 0.05) is 0 Å². The molecule has 0 amide bonds. The fourth-order valence-corrected chi connectivity index (χ4v) is 1.16. The molecule has 0 spiro atoms. The molecule has 1 aromatic rings. The first-order chi connectivity index (χ1) is 6.19. The van der Waals surface area contributed by atoms with Crippen molar-refractivity contribution in [3.63, 3.8) is 0 Å². The Bertz CT molecular complexity index is 323. The van der Waals surface area contributed by atoms with Crippen molar-refractivity contribution in [2.24, 2.45) is 0 Å². The monoisotopic (exact) mass is 198 g/mol. The Morgan fingerprint density at radius 3 is 2.46 bits per heavy atom. The topological polar surface area (TPSA) is 35.5 Å². The van der Waals surface area contributed by atoms with E-state index in [-0.39, 0.29) is 5.12 Å². The average molecular weight is 198 g/mol. The predicted octanol–water partition coefficient (Wildman–Crippen LogP) is 1.77. The summed E-state index contributed by atoms with van der Waals surface area (Å²) in [7, 11) is 3.04. The summed E-state index contributed by atoms with van der Waals surface area (Å²) in [5, 5.41) is -0.337. The van der Waals surface area contributed by atoms with Crippen molar-refractivity contribution in [2.45, 2.75) is 0 Å². The van der Waals surface area contributed by atoms with Gasteiger partial charge in [0.15, 0.2) is 0 Å². The summed E-state index contributed by atoms with van der Waals surface area (Å²) in [6.45, 7) is 0. The van der Waals surface area contributed by atoms with Gasteiger partial charge in [-0.3, -0.25) is 4.79 Å². The second kappa shape index (κ2) is 4.18. The van der Waals surface area contributed by atoms with E-state index in [1.165, 1.54) is 14.2 Å². The van der Waals surface area contributed by atoms with Gasteiger partial charge in [-0.1, -0.05) is 0 Å². The number of carbonyl (C=O) groups is 1. The molecule has 1 aromatic carbocycles. The van der Waals surface area contributed by atoms with Gasteiger partial charge >= 0.3 is 0 Å².